The first-order chi connectivity index (χ1) is 23.6. The molecule has 1 aromatic carbocycles. The van der Waals surface area contributed by atoms with Crippen molar-refractivity contribution < 1.29 is 13.7 Å². The molecule has 3 aliphatic rings. The van der Waals surface area contributed by atoms with E-state index in [1.165, 1.54) is 50.1 Å². The zero-order chi connectivity index (χ0) is 32.9. The van der Waals surface area contributed by atoms with Gasteiger partial charge in [-0.2, -0.15) is 13.7 Å². The van der Waals surface area contributed by atoms with E-state index >= 15 is 0 Å². The number of hydrogen-bond donors (Lipinski definition) is 0. The second-order valence-corrected chi connectivity index (χ2v) is 12.4. The third-order valence-corrected chi connectivity index (χ3v) is 9.52. The van der Waals surface area contributed by atoms with E-state index in [1.54, 1.807) is 0 Å². The van der Waals surface area contributed by atoms with Gasteiger partial charge in [0.25, 0.3) is 17.1 Å². The van der Waals surface area contributed by atoms with Crippen LogP contribution in [0.25, 0.3) is 17.1 Å². The van der Waals surface area contributed by atoms with Crippen molar-refractivity contribution in [1.29, 1.82) is 0 Å². The summed E-state index contributed by atoms with van der Waals surface area (Å²) in [5, 5.41) is 0. The van der Waals surface area contributed by atoms with Gasteiger partial charge in [-0.05, 0) is 88.1 Å². The highest BCUT2D eigenvalue weighted by molar-refractivity contribution is 5.63. The largest absolute Gasteiger partial charge is 0.254 e. The lowest BCUT2D eigenvalue weighted by Crippen LogP contribution is -2.28. The van der Waals surface area contributed by atoms with Gasteiger partial charge in [-0.15, -0.1) is 0 Å². The third kappa shape index (κ3) is 6.37. The molecule has 48 heavy (non-hydrogen) atoms. The smallest absolute Gasteiger partial charge is 0.160 e. The van der Waals surface area contributed by atoms with Crippen molar-refractivity contribution in [2.45, 2.75) is 59.3 Å². The van der Waals surface area contributed by atoms with Crippen LogP contribution in [0.4, 0.5) is 0 Å². The summed E-state index contributed by atoms with van der Waals surface area (Å²) >= 11 is 0. The minimum atomic E-state index is 0.870. The molecule has 3 aromatic heterocycles. The van der Waals surface area contributed by atoms with E-state index in [1.807, 2.05) is 0 Å². The zero-order valence-corrected chi connectivity index (χ0v) is 28.2. The molecule has 3 heteroatoms. The molecule has 0 aliphatic heterocycles. The summed E-state index contributed by atoms with van der Waals surface area (Å²) in [6, 6.07) is 18.6. The Kier molecular flexibility index (Phi) is 9.10. The third-order valence-electron chi connectivity index (χ3n) is 9.52. The molecule has 0 saturated carbocycles. The van der Waals surface area contributed by atoms with Crippen LogP contribution in [0.15, 0.2) is 162 Å². The van der Waals surface area contributed by atoms with E-state index < -0.39 is 0 Å². The van der Waals surface area contributed by atoms with Gasteiger partial charge < -0.3 is 0 Å². The monoisotopic (exact) mass is 624 g/mol. The van der Waals surface area contributed by atoms with Crippen molar-refractivity contribution in [3.63, 3.8) is 0 Å². The Morgan fingerprint density at radius 3 is 0.875 bits per heavy atom. The summed E-state index contributed by atoms with van der Waals surface area (Å²) < 4.78 is 6.43. The first-order valence-corrected chi connectivity index (χ1v) is 17.3. The normalized spacial score (nSPS) is 14.6. The van der Waals surface area contributed by atoms with Gasteiger partial charge in [0.05, 0.1) is 0 Å². The number of nitrogens with zero attached hydrogens (tertiary/aromatic N) is 3. The van der Waals surface area contributed by atoms with Crippen LogP contribution in [0.3, 0.4) is 0 Å². The SMILES string of the molecule is CCc1c(CC2=C=C([n+]3ccccc3)C=C2)c(CC)c(CC2=C=C([n+]3ccccc3)C=C2)c(CC)c1CC1=C=C([n+]2ccccc2)C=C1. The maximum Gasteiger partial charge on any atom is 0.254 e. The van der Waals surface area contributed by atoms with E-state index in [9.17, 15) is 0 Å². The Morgan fingerprint density at radius 2 is 0.625 bits per heavy atom. The van der Waals surface area contributed by atoms with Gasteiger partial charge in [-0.1, -0.05) is 39.0 Å². The molecule has 0 atom stereocenters. The van der Waals surface area contributed by atoms with Gasteiger partial charge in [-0.3, -0.25) is 0 Å². The highest BCUT2D eigenvalue weighted by atomic mass is 14.9. The van der Waals surface area contributed by atoms with Crippen molar-refractivity contribution in [3.05, 3.63) is 196 Å². The highest BCUT2D eigenvalue weighted by Gasteiger charge is 2.25. The van der Waals surface area contributed by atoms with Crippen LogP contribution in [-0.2, 0) is 38.5 Å². The molecule has 0 amide bonds. The Balaban J connectivity index is 1.38. The molecule has 0 N–H and O–H groups in total. The average molecular weight is 625 g/mol. The van der Waals surface area contributed by atoms with Crippen molar-refractivity contribution in [2.24, 2.45) is 0 Å². The standard InChI is InChI=1S/C45H42N3/c1-4-40-43(31-34-16-19-37(28-34)46-22-10-7-11-23-46)41(5-2)45(33-36-18-21-39(30-36)48-26-14-9-15-27-48)42(6-3)44(40)32-35-17-20-38(29-35)47-24-12-8-13-25-47/h7-27H,4-6,31-33H2,1-3H3/q+3. The lowest BCUT2D eigenvalue weighted by molar-refractivity contribution is -0.578. The van der Waals surface area contributed by atoms with E-state index in [-0.39, 0.29) is 0 Å². The fraction of sp³-hybridized carbons (Fsp3) is 0.200. The molecule has 0 bridgehead atoms. The Hall–Kier alpha value is -5.55. The minimum absolute atomic E-state index is 0.870. The van der Waals surface area contributed by atoms with Gasteiger partial charge in [0.15, 0.2) is 37.2 Å². The van der Waals surface area contributed by atoms with Crippen LogP contribution >= 0.6 is 0 Å². The lowest BCUT2D eigenvalue weighted by atomic mass is 9.78. The van der Waals surface area contributed by atoms with Gasteiger partial charge in [0.2, 0.25) is 0 Å². The van der Waals surface area contributed by atoms with Crippen LogP contribution in [0.5, 0.6) is 0 Å². The number of pyridine rings is 3. The van der Waals surface area contributed by atoms with Crippen LogP contribution < -0.4 is 13.7 Å². The number of benzene rings is 1. The highest BCUT2D eigenvalue weighted by Crippen LogP contribution is 2.36. The number of rotatable bonds is 12. The van der Waals surface area contributed by atoms with Gasteiger partial charge in [0.1, 0.15) is 0 Å². The topological polar surface area (TPSA) is 11.6 Å². The molecule has 3 heterocycles. The molecule has 7 rings (SSSR count). The maximum atomic E-state index is 3.74. The van der Waals surface area contributed by atoms with Crippen molar-refractivity contribution in [2.75, 3.05) is 0 Å². The van der Waals surface area contributed by atoms with Crippen molar-refractivity contribution >= 4 is 17.1 Å². The Morgan fingerprint density at radius 1 is 0.354 bits per heavy atom. The summed E-state index contributed by atoms with van der Waals surface area (Å²) in [6.45, 7) is 6.99. The molecule has 0 spiro atoms. The van der Waals surface area contributed by atoms with Gasteiger partial charge >= 0.3 is 0 Å². The van der Waals surface area contributed by atoms with E-state index in [0.717, 1.165) is 55.6 Å². The Bertz CT molecular complexity index is 1900. The van der Waals surface area contributed by atoms with Gasteiger partial charge in [-0.25, -0.2) is 0 Å². The second kappa shape index (κ2) is 14.1. The average Bonchev–Trinajstić information content (AvgIpc) is 3.92. The van der Waals surface area contributed by atoms with Crippen molar-refractivity contribution in [1.82, 2.24) is 0 Å². The molecule has 3 nitrogen and oxygen atoms in total. The fourth-order valence-corrected chi connectivity index (χ4v) is 7.31. The predicted molar refractivity (Wildman–Crippen MR) is 193 cm³/mol. The van der Waals surface area contributed by atoms with Crippen LogP contribution in [-0.4, -0.2) is 0 Å². The van der Waals surface area contributed by atoms with Crippen molar-refractivity contribution in [3.8, 4) is 0 Å². The minimum Gasteiger partial charge on any atom is -0.160 e. The summed E-state index contributed by atoms with van der Waals surface area (Å²) in [7, 11) is 0. The Labute approximate surface area is 284 Å². The predicted octanol–water partition coefficient (Wildman–Crippen LogP) is 7.77. The quantitative estimate of drug-likeness (QED) is 0.113. The van der Waals surface area contributed by atoms with E-state index in [2.05, 4.69) is 180 Å². The first kappa shape index (κ1) is 31.1. The summed E-state index contributed by atoms with van der Waals surface area (Å²) in [4.78, 5) is 0. The van der Waals surface area contributed by atoms with Crippen LogP contribution in [0, 0.1) is 0 Å². The zero-order valence-electron chi connectivity index (χ0n) is 28.2. The maximum absolute atomic E-state index is 3.74. The van der Waals surface area contributed by atoms with Gasteiger partial charge in [0, 0.05) is 90.6 Å². The molecule has 234 valence electrons. The summed E-state index contributed by atoms with van der Waals surface area (Å²) in [5.74, 6) is 0. The number of allylic oxidation sites excluding steroid dienone is 9. The molecular weight excluding hydrogens is 583 g/mol. The van der Waals surface area contributed by atoms with E-state index in [0.29, 0.717) is 0 Å². The number of hydrogen-bond acceptors (Lipinski definition) is 0. The molecule has 0 saturated heterocycles. The summed E-state index contributed by atoms with van der Waals surface area (Å²) in [6.07, 6.45) is 31.5. The molecule has 4 aromatic rings. The van der Waals surface area contributed by atoms with E-state index in [4.69, 9.17) is 0 Å². The molecule has 0 radical (unpaired) electrons. The lowest BCUT2D eigenvalue weighted by Gasteiger charge is -2.26. The van der Waals surface area contributed by atoms with Crippen LogP contribution in [0.1, 0.15) is 54.2 Å². The first-order valence-electron chi connectivity index (χ1n) is 17.3. The second-order valence-electron chi connectivity index (χ2n) is 12.4. The molecule has 0 unspecified atom stereocenters. The fourth-order valence-electron chi connectivity index (χ4n) is 7.31. The molecule has 3 aliphatic carbocycles. The number of aromatic nitrogens is 3. The molecule has 0 fully saturated rings. The van der Waals surface area contributed by atoms with Crippen LogP contribution in [0.2, 0.25) is 0 Å². The molecular formula is C45H42N3+3. The summed E-state index contributed by atoms with van der Waals surface area (Å²) in [5.41, 5.74) is 27.1.